The topological polar surface area (TPSA) is 143 Å². The average molecular weight is 702 g/mol. The van der Waals surface area contributed by atoms with Gasteiger partial charge in [-0.3, -0.25) is 9.52 Å². The van der Waals surface area contributed by atoms with Gasteiger partial charge in [-0.05, 0) is 82.5 Å². The standard InChI is InChI=1S/C35H47N3O8S2/c1-25-14-17-31(18-15-25)48(43,44)37(5)23-34-26(2)22-38(27(3)24-39)35(40)32-21-29(36-47(41,42)30-12-7-6-8-13-30)16-19-33(32)46-28(4)11-9-10-20-45-34/h6-8,12-19,21,26-28,34,36,39H,9-11,20,22-24H2,1-5H3/t26-,27-,28-,34-/m1/s1. The summed E-state index contributed by atoms with van der Waals surface area (Å²) in [5.74, 6) is -0.529. The number of nitrogens with one attached hydrogen (secondary N) is 1. The summed E-state index contributed by atoms with van der Waals surface area (Å²) in [5.41, 5.74) is 1.26. The van der Waals surface area contributed by atoms with E-state index in [4.69, 9.17) is 9.47 Å². The number of nitrogens with zero attached hydrogens (tertiary/aromatic N) is 2. The number of benzene rings is 3. The molecule has 0 unspecified atom stereocenters. The van der Waals surface area contributed by atoms with Crippen molar-refractivity contribution in [1.29, 1.82) is 0 Å². The molecule has 2 N–H and O–H groups in total. The summed E-state index contributed by atoms with van der Waals surface area (Å²) in [5, 5.41) is 10.2. The molecule has 0 aromatic heterocycles. The Bertz CT molecular complexity index is 1740. The van der Waals surface area contributed by atoms with E-state index in [9.17, 15) is 26.7 Å². The number of anilines is 1. The van der Waals surface area contributed by atoms with Crippen LogP contribution in [0.3, 0.4) is 0 Å². The average Bonchev–Trinajstić information content (AvgIpc) is 3.06. The summed E-state index contributed by atoms with van der Waals surface area (Å²) >= 11 is 0. The van der Waals surface area contributed by atoms with Gasteiger partial charge in [0.1, 0.15) is 5.75 Å². The second-order valence-electron chi connectivity index (χ2n) is 12.5. The number of fused-ring (bicyclic) bond motifs is 1. The van der Waals surface area contributed by atoms with E-state index in [1.165, 1.54) is 34.5 Å². The lowest BCUT2D eigenvalue weighted by Crippen LogP contribution is -2.48. The second-order valence-corrected chi connectivity index (χ2v) is 16.3. The number of aryl methyl sites for hydroxylation is 1. The van der Waals surface area contributed by atoms with Gasteiger partial charge in [0.15, 0.2) is 0 Å². The van der Waals surface area contributed by atoms with E-state index in [1.807, 2.05) is 20.8 Å². The number of hydrogen-bond acceptors (Lipinski definition) is 8. The molecule has 4 atom stereocenters. The Kier molecular flexibility index (Phi) is 12.7. The minimum Gasteiger partial charge on any atom is -0.490 e. The predicted octanol–water partition coefficient (Wildman–Crippen LogP) is 4.91. The Labute approximate surface area is 285 Å². The SMILES string of the molecule is Cc1ccc(S(=O)(=O)N(C)C[C@H]2OCCCC[C@@H](C)Oc3ccc(NS(=O)(=O)c4ccccc4)cc3C(=O)N([C@H](C)CO)C[C@H]2C)cc1. The highest BCUT2D eigenvalue weighted by Crippen LogP contribution is 2.30. The van der Waals surface area contributed by atoms with Crippen LogP contribution in [0.4, 0.5) is 5.69 Å². The van der Waals surface area contributed by atoms with Gasteiger partial charge in [-0.1, -0.05) is 42.8 Å². The normalized spacial score (nSPS) is 20.8. The number of amides is 1. The van der Waals surface area contributed by atoms with E-state index >= 15 is 0 Å². The third-order valence-corrected chi connectivity index (χ3v) is 11.8. The van der Waals surface area contributed by atoms with Gasteiger partial charge in [-0.2, -0.15) is 4.31 Å². The van der Waals surface area contributed by atoms with Crippen molar-refractivity contribution in [2.75, 3.05) is 38.1 Å². The van der Waals surface area contributed by atoms with Gasteiger partial charge >= 0.3 is 0 Å². The highest BCUT2D eigenvalue weighted by Gasteiger charge is 2.32. The van der Waals surface area contributed by atoms with Gasteiger partial charge in [0.2, 0.25) is 10.0 Å². The molecule has 0 saturated carbocycles. The highest BCUT2D eigenvalue weighted by atomic mass is 32.2. The number of carbonyl (C=O) groups is 1. The highest BCUT2D eigenvalue weighted by molar-refractivity contribution is 7.92. The van der Waals surface area contributed by atoms with Crippen molar-refractivity contribution in [3.05, 3.63) is 83.9 Å². The molecule has 0 spiro atoms. The molecule has 1 aliphatic rings. The monoisotopic (exact) mass is 701 g/mol. The fraction of sp³-hybridized carbons (Fsp3) is 0.457. The number of carbonyl (C=O) groups excluding carboxylic acids is 1. The first kappa shape index (κ1) is 37.3. The predicted molar refractivity (Wildman–Crippen MR) is 185 cm³/mol. The van der Waals surface area contributed by atoms with Crippen LogP contribution in [0.15, 0.2) is 82.6 Å². The molecule has 0 fully saturated rings. The van der Waals surface area contributed by atoms with E-state index < -0.39 is 38.1 Å². The maximum Gasteiger partial charge on any atom is 0.261 e. The zero-order valence-electron chi connectivity index (χ0n) is 28.2. The molecule has 0 aliphatic carbocycles. The quantitative estimate of drug-likeness (QED) is 0.321. The Morgan fingerprint density at radius 3 is 2.33 bits per heavy atom. The van der Waals surface area contributed by atoms with Crippen LogP contribution in [0.25, 0.3) is 0 Å². The van der Waals surface area contributed by atoms with Gasteiger partial charge < -0.3 is 19.5 Å². The van der Waals surface area contributed by atoms with Gasteiger partial charge in [0.05, 0.1) is 40.2 Å². The first-order valence-corrected chi connectivity index (χ1v) is 19.1. The first-order valence-electron chi connectivity index (χ1n) is 16.2. The van der Waals surface area contributed by atoms with E-state index in [2.05, 4.69) is 4.72 Å². The van der Waals surface area contributed by atoms with Crippen LogP contribution < -0.4 is 9.46 Å². The third kappa shape index (κ3) is 9.35. The van der Waals surface area contributed by atoms with Gasteiger partial charge in [0.25, 0.3) is 15.9 Å². The zero-order valence-corrected chi connectivity index (χ0v) is 29.8. The second kappa shape index (κ2) is 16.3. The van der Waals surface area contributed by atoms with Crippen LogP contribution in [0.1, 0.15) is 56.0 Å². The summed E-state index contributed by atoms with van der Waals surface area (Å²) in [6.07, 6.45) is 1.31. The third-order valence-electron chi connectivity index (χ3n) is 8.52. The number of likely N-dealkylation sites (N-methyl/N-ethyl adjacent to an activating group) is 1. The summed E-state index contributed by atoms with van der Waals surface area (Å²) in [6, 6.07) is 18.6. The number of hydrogen-bond donors (Lipinski definition) is 2. The van der Waals surface area contributed by atoms with Crippen LogP contribution >= 0.6 is 0 Å². The number of sulfonamides is 2. The molecule has 11 nitrogen and oxygen atoms in total. The molecule has 0 saturated heterocycles. The molecule has 1 amide bonds. The van der Waals surface area contributed by atoms with Crippen LogP contribution in [0.2, 0.25) is 0 Å². The van der Waals surface area contributed by atoms with E-state index in [0.717, 1.165) is 12.0 Å². The van der Waals surface area contributed by atoms with Gasteiger partial charge in [0, 0.05) is 38.3 Å². The van der Waals surface area contributed by atoms with Crippen molar-refractivity contribution in [1.82, 2.24) is 9.21 Å². The molecular weight excluding hydrogens is 655 g/mol. The fourth-order valence-electron chi connectivity index (χ4n) is 5.50. The van der Waals surface area contributed by atoms with Crippen molar-refractivity contribution in [3.63, 3.8) is 0 Å². The molecule has 3 aromatic rings. The van der Waals surface area contributed by atoms with Crippen molar-refractivity contribution >= 4 is 31.6 Å². The lowest BCUT2D eigenvalue weighted by molar-refractivity contribution is -0.00833. The number of aliphatic hydroxyl groups excluding tert-OH is 1. The van der Waals surface area contributed by atoms with E-state index in [1.54, 1.807) is 61.5 Å². The van der Waals surface area contributed by atoms with E-state index in [-0.39, 0.29) is 52.8 Å². The molecule has 1 heterocycles. The van der Waals surface area contributed by atoms with E-state index in [0.29, 0.717) is 25.2 Å². The van der Waals surface area contributed by atoms with Crippen molar-refractivity contribution < 1.29 is 36.2 Å². The van der Waals surface area contributed by atoms with Gasteiger partial charge in [-0.15, -0.1) is 0 Å². The lowest BCUT2D eigenvalue weighted by Gasteiger charge is -2.35. The maximum absolute atomic E-state index is 14.4. The van der Waals surface area contributed by atoms with Crippen molar-refractivity contribution in [3.8, 4) is 5.75 Å². The molecule has 0 bridgehead atoms. The molecule has 0 radical (unpaired) electrons. The van der Waals surface area contributed by atoms with Crippen LogP contribution in [-0.2, 0) is 24.8 Å². The number of ether oxygens (including phenoxy) is 2. The largest absolute Gasteiger partial charge is 0.490 e. The first-order chi connectivity index (χ1) is 22.7. The zero-order chi connectivity index (χ0) is 35.1. The van der Waals surface area contributed by atoms with Crippen LogP contribution in [0.5, 0.6) is 5.75 Å². The van der Waals surface area contributed by atoms with Crippen LogP contribution in [-0.4, -0.2) is 88.7 Å². The minimum absolute atomic E-state index is 0.0500. The summed E-state index contributed by atoms with van der Waals surface area (Å²) in [4.78, 5) is 16.1. The van der Waals surface area contributed by atoms with Crippen molar-refractivity contribution in [2.45, 2.75) is 75.0 Å². The molecule has 3 aromatic carbocycles. The summed E-state index contributed by atoms with van der Waals surface area (Å²) in [6.45, 7) is 7.62. The Balaban J connectivity index is 1.67. The fourth-order valence-corrected chi connectivity index (χ4v) is 7.76. The minimum atomic E-state index is -3.94. The molecular formula is C35H47N3O8S2. The smallest absolute Gasteiger partial charge is 0.261 e. The van der Waals surface area contributed by atoms with Gasteiger partial charge in [-0.25, -0.2) is 16.8 Å². The lowest BCUT2D eigenvalue weighted by atomic mass is 10.0. The summed E-state index contributed by atoms with van der Waals surface area (Å²) in [7, 11) is -6.23. The summed E-state index contributed by atoms with van der Waals surface area (Å²) < 4.78 is 69.5. The molecule has 48 heavy (non-hydrogen) atoms. The van der Waals surface area contributed by atoms with Crippen LogP contribution in [0, 0.1) is 12.8 Å². The number of aliphatic hydroxyl groups is 1. The molecule has 1 aliphatic heterocycles. The number of rotatable bonds is 9. The Morgan fingerprint density at radius 1 is 0.979 bits per heavy atom. The van der Waals surface area contributed by atoms with Crippen molar-refractivity contribution in [2.24, 2.45) is 5.92 Å². The Hall–Kier alpha value is -3.49. The molecule has 13 heteroatoms. The molecule has 4 rings (SSSR count). The molecule has 262 valence electrons. The maximum atomic E-state index is 14.4. The Morgan fingerprint density at radius 2 is 1.67 bits per heavy atom.